The van der Waals surface area contributed by atoms with Gasteiger partial charge in [0.05, 0.1) is 11.0 Å². The minimum Gasteiger partial charge on any atom is -0.340 e. The summed E-state index contributed by atoms with van der Waals surface area (Å²) in [5.74, 6) is -0.285. The van der Waals surface area contributed by atoms with Crippen molar-refractivity contribution in [3.63, 3.8) is 0 Å². The molecule has 0 fully saturated rings. The first kappa shape index (κ1) is 17.7. The number of H-pyrrole nitrogens is 1. The number of fused-ring (bicyclic) bond motifs is 1. The molecular formula is C20H22N4O2. The van der Waals surface area contributed by atoms with Crippen LogP contribution in [0.2, 0.25) is 0 Å². The number of para-hydroxylation sites is 2. The quantitative estimate of drug-likeness (QED) is 0.660. The van der Waals surface area contributed by atoms with Gasteiger partial charge in [0.15, 0.2) is 0 Å². The van der Waals surface area contributed by atoms with Crippen LogP contribution in [0.4, 0.5) is 5.95 Å². The lowest BCUT2D eigenvalue weighted by molar-refractivity contribution is -0.118. The highest BCUT2D eigenvalue weighted by atomic mass is 16.2. The van der Waals surface area contributed by atoms with Crippen molar-refractivity contribution in [1.29, 1.82) is 0 Å². The summed E-state index contributed by atoms with van der Waals surface area (Å²) in [5.41, 5.74) is 3.14. The van der Waals surface area contributed by atoms with Gasteiger partial charge in [0.1, 0.15) is 6.04 Å². The summed E-state index contributed by atoms with van der Waals surface area (Å²) in [7, 11) is 0. The second-order valence-corrected chi connectivity index (χ2v) is 6.66. The molecular weight excluding hydrogens is 328 g/mol. The van der Waals surface area contributed by atoms with Crippen LogP contribution in [0.3, 0.4) is 0 Å². The van der Waals surface area contributed by atoms with Gasteiger partial charge in [0, 0.05) is 5.56 Å². The number of nitrogens with zero attached hydrogens (tertiary/aromatic N) is 1. The van der Waals surface area contributed by atoms with Gasteiger partial charge in [-0.25, -0.2) is 4.98 Å². The van der Waals surface area contributed by atoms with Crippen molar-refractivity contribution in [3.8, 4) is 0 Å². The smallest absolute Gasteiger partial charge is 0.251 e. The summed E-state index contributed by atoms with van der Waals surface area (Å²) in [5, 5.41) is 5.58. The van der Waals surface area contributed by atoms with Crippen molar-refractivity contribution in [2.45, 2.75) is 26.8 Å². The SMILES string of the molecule is Cc1cccc(C(=O)NC(C(=O)Nc2nc3ccccc3[nH]2)C(C)C)c1. The largest absolute Gasteiger partial charge is 0.340 e. The lowest BCUT2D eigenvalue weighted by Gasteiger charge is -2.21. The molecule has 0 saturated carbocycles. The van der Waals surface area contributed by atoms with E-state index in [-0.39, 0.29) is 17.7 Å². The fourth-order valence-electron chi connectivity index (χ4n) is 2.75. The van der Waals surface area contributed by atoms with Crippen molar-refractivity contribution in [2.75, 3.05) is 5.32 Å². The first-order valence-corrected chi connectivity index (χ1v) is 8.57. The van der Waals surface area contributed by atoms with Crippen molar-refractivity contribution in [2.24, 2.45) is 5.92 Å². The fourth-order valence-corrected chi connectivity index (χ4v) is 2.75. The number of amides is 2. The molecule has 3 N–H and O–H groups in total. The van der Waals surface area contributed by atoms with Crippen LogP contribution in [0.1, 0.15) is 29.8 Å². The number of rotatable bonds is 5. The Bertz CT molecular complexity index is 913. The van der Waals surface area contributed by atoms with Crippen LogP contribution in [0.25, 0.3) is 11.0 Å². The van der Waals surface area contributed by atoms with Crippen molar-refractivity contribution in [1.82, 2.24) is 15.3 Å². The number of carbonyl (C=O) groups is 2. The minimum atomic E-state index is -0.670. The monoisotopic (exact) mass is 350 g/mol. The molecule has 3 aromatic rings. The van der Waals surface area contributed by atoms with E-state index in [1.54, 1.807) is 12.1 Å². The normalized spacial score (nSPS) is 12.2. The Morgan fingerprint density at radius 2 is 1.85 bits per heavy atom. The third-order valence-corrected chi connectivity index (χ3v) is 4.15. The van der Waals surface area contributed by atoms with Crippen LogP contribution in [-0.4, -0.2) is 27.8 Å². The molecule has 0 aliphatic carbocycles. The van der Waals surface area contributed by atoms with Gasteiger partial charge in [-0.3, -0.25) is 14.9 Å². The predicted molar refractivity (Wildman–Crippen MR) is 102 cm³/mol. The van der Waals surface area contributed by atoms with E-state index in [2.05, 4.69) is 20.6 Å². The average molecular weight is 350 g/mol. The number of aryl methyl sites for hydroxylation is 1. The number of hydrogen-bond acceptors (Lipinski definition) is 3. The lowest BCUT2D eigenvalue weighted by atomic mass is 10.0. The Morgan fingerprint density at radius 3 is 2.54 bits per heavy atom. The highest BCUT2D eigenvalue weighted by Gasteiger charge is 2.25. The van der Waals surface area contributed by atoms with Crippen molar-refractivity contribution < 1.29 is 9.59 Å². The molecule has 0 saturated heterocycles. The molecule has 6 nitrogen and oxygen atoms in total. The Labute approximate surface area is 152 Å². The van der Waals surface area contributed by atoms with E-state index in [1.165, 1.54) is 0 Å². The molecule has 26 heavy (non-hydrogen) atoms. The lowest BCUT2D eigenvalue weighted by Crippen LogP contribution is -2.47. The molecule has 0 spiro atoms. The van der Waals surface area contributed by atoms with Gasteiger partial charge in [0.25, 0.3) is 5.91 Å². The number of anilines is 1. The summed E-state index contributed by atoms with van der Waals surface area (Å²) in [6.45, 7) is 5.70. The Kier molecular flexibility index (Phi) is 5.02. The van der Waals surface area contributed by atoms with Gasteiger partial charge in [0.2, 0.25) is 11.9 Å². The number of hydrogen-bond donors (Lipinski definition) is 3. The Hall–Kier alpha value is -3.15. The van der Waals surface area contributed by atoms with E-state index in [1.807, 2.05) is 57.2 Å². The minimum absolute atomic E-state index is 0.0758. The fraction of sp³-hybridized carbons (Fsp3) is 0.250. The van der Waals surface area contributed by atoms with Crippen LogP contribution in [0, 0.1) is 12.8 Å². The zero-order valence-electron chi connectivity index (χ0n) is 15.0. The van der Waals surface area contributed by atoms with Crippen LogP contribution < -0.4 is 10.6 Å². The first-order valence-electron chi connectivity index (χ1n) is 8.57. The standard InChI is InChI=1S/C20H22N4O2/c1-12(2)17(23-18(25)14-8-6-7-13(3)11-14)19(26)24-20-21-15-9-4-5-10-16(15)22-20/h4-12,17H,1-3H3,(H,23,25)(H2,21,22,24,26). The molecule has 134 valence electrons. The second kappa shape index (κ2) is 7.39. The van der Waals surface area contributed by atoms with Crippen molar-refractivity contribution >= 4 is 28.8 Å². The Balaban J connectivity index is 1.74. The number of benzene rings is 2. The number of carbonyl (C=O) groups excluding carboxylic acids is 2. The molecule has 0 radical (unpaired) electrons. The molecule has 2 amide bonds. The number of aromatic amines is 1. The van der Waals surface area contributed by atoms with E-state index in [0.29, 0.717) is 11.5 Å². The number of aromatic nitrogens is 2. The van der Waals surface area contributed by atoms with Crippen molar-refractivity contribution in [3.05, 3.63) is 59.7 Å². The molecule has 3 rings (SSSR count). The number of nitrogens with one attached hydrogen (secondary N) is 3. The second-order valence-electron chi connectivity index (χ2n) is 6.66. The van der Waals surface area contributed by atoms with E-state index in [4.69, 9.17) is 0 Å². The first-order chi connectivity index (χ1) is 12.4. The van der Waals surface area contributed by atoms with Gasteiger partial charge in [-0.1, -0.05) is 43.7 Å². The maximum atomic E-state index is 12.7. The van der Waals surface area contributed by atoms with Gasteiger partial charge in [-0.15, -0.1) is 0 Å². The molecule has 1 atom stereocenters. The molecule has 0 aliphatic rings. The molecule has 1 unspecified atom stereocenters. The van der Waals surface area contributed by atoms with Gasteiger partial charge < -0.3 is 10.3 Å². The van der Waals surface area contributed by atoms with E-state index < -0.39 is 6.04 Å². The summed E-state index contributed by atoms with van der Waals surface area (Å²) >= 11 is 0. The third kappa shape index (κ3) is 3.91. The Morgan fingerprint density at radius 1 is 1.08 bits per heavy atom. The third-order valence-electron chi connectivity index (χ3n) is 4.15. The molecule has 2 aromatic carbocycles. The van der Waals surface area contributed by atoms with Crippen LogP contribution >= 0.6 is 0 Å². The highest BCUT2D eigenvalue weighted by molar-refractivity contribution is 6.01. The molecule has 0 bridgehead atoms. The van der Waals surface area contributed by atoms with E-state index in [9.17, 15) is 9.59 Å². The predicted octanol–water partition coefficient (Wildman–Crippen LogP) is 3.26. The zero-order chi connectivity index (χ0) is 18.7. The molecule has 0 aliphatic heterocycles. The zero-order valence-corrected chi connectivity index (χ0v) is 15.0. The van der Waals surface area contributed by atoms with Gasteiger partial charge in [-0.2, -0.15) is 0 Å². The van der Waals surface area contributed by atoms with Gasteiger partial charge in [-0.05, 0) is 37.1 Å². The maximum Gasteiger partial charge on any atom is 0.251 e. The van der Waals surface area contributed by atoms with Crippen LogP contribution in [0.15, 0.2) is 48.5 Å². The highest BCUT2D eigenvalue weighted by Crippen LogP contribution is 2.14. The summed E-state index contributed by atoms with van der Waals surface area (Å²) in [4.78, 5) is 32.6. The van der Waals surface area contributed by atoms with Crippen LogP contribution in [-0.2, 0) is 4.79 Å². The number of imidazole rings is 1. The average Bonchev–Trinajstić information content (AvgIpc) is 3.01. The molecule has 1 heterocycles. The van der Waals surface area contributed by atoms with E-state index in [0.717, 1.165) is 16.6 Å². The van der Waals surface area contributed by atoms with Gasteiger partial charge >= 0.3 is 0 Å². The maximum absolute atomic E-state index is 12.7. The summed E-state index contributed by atoms with van der Waals surface area (Å²) in [6.07, 6.45) is 0. The summed E-state index contributed by atoms with van der Waals surface area (Å²) in [6, 6.07) is 14.1. The molecule has 6 heteroatoms. The molecule has 1 aromatic heterocycles. The van der Waals surface area contributed by atoms with E-state index >= 15 is 0 Å². The topological polar surface area (TPSA) is 86.9 Å². The summed E-state index contributed by atoms with van der Waals surface area (Å²) < 4.78 is 0. The van der Waals surface area contributed by atoms with Crippen LogP contribution in [0.5, 0.6) is 0 Å².